The van der Waals surface area contributed by atoms with Crippen molar-refractivity contribution in [3.05, 3.63) is 0 Å². The van der Waals surface area contributed by atoms with Gasteiger partial charge in [-0.15, -0.1) is 0 Å². The van der Waals surface area contributed by atoms with Gasteiger partial charge in [0.2, 0.25) is 0 Å². The van der Waals surface area contributed by atoms with Gasteiger partial charge in [-0.25, -0.2) is 9.59 Å². The van der Waals surface area contributed by atoms with Crippen molar-refractivity contribution >= 4 is 12.1 Å². The van der Waals surface area contributed by atoms with Gasteiger partial charge in [-0.05, 0) is 24.7 Å². The minimum Gasteiger partial charge on any atom is -0.480 e. The maximum absolute atomic E-state index is 11.2. The van der Waals surface area contributed by atoms with Gasteiger partial charge in [0.25, 0.3) is 0 Å². The zero-order valence-corrected chi connectivity index (χ0v) is 9.03. The summed E-state index contributed by atoms with van der Waals surface area (Å²) in [5.74, 6) is -0.659. The molecule has 1 amide bonds. The molecule has 0 radical (unpaired) electrons. The lowest BCUT2D eigenvalue weighted by Crippen LogP contribution is -2.42. The molecule has 5 nitrogen and oxygen atoms in total. The Hall–Kier alpha value is -1.26. The highest BCUT2D eigenvalue weighted by molar-refractivity contribution is 5.80. The molecular weight excluding hydrogens is 198 g/mol. The number of nitrogens with one attached hydrogen (secondary N) is 1. The predicted octanol–water partition coefficient (Wildman–Crippen LogP) is 1.23. The lowest BCUT2D eigenvalue weighted by Gasteiger charge is -2.14. The molecule has 0 bridgehead atoms. The summed E-state index contributed by atoms with van der Waals surface area (Å²) in [6.45, 7) is 4.15. The Labute approximate surface area is 88.8 Å². The van der Waals surface area contributed by atoms with Crippen molar-refractivity contribution < 1.29 is 19.4 Å². The van der Waals surface area contributed by atoms with Crippen LogP contribution in [0.3, 0.4) is 0 Å². The third-order valence-electron chi connectivity index (χ3n) is 2.18. The van der Waals surface area contributed by atoms with Crippen LogP contribution >= 0.6 is 0 Å². The van der Waals surface area contributed by atoms with E-state index < -0.39 is 18.1 Å². The van der Waals surface area contributed by atoms with Gasteiger partial charge in [-0.2, -0.15) is 0 Å². The number of ether oxygens (including phenoxy) is 1. The molecule has 1 rings (SSSR count). The number of rotatable bonds is 5. The van der Waals surface area contributed by atoms with Crippen molar-refractivity contribution in [3.8, 4) is 0 Å². The first-order valence-electron chi connectivity index (χ1n) is 5.16. The number of carboxylic acid groups (broad SMARTS) is 1. The molecule has 0 aromatic heterocycles. The fraction of sp³-hybridized carbons (Fsp3) is 0.800. The molecule has 0 aromatic rings. The number of carboxylic acids is 1. The predicted molar refractivity (Wildman–Crippen MR) is 53.5 cm³/mol. The standard InChI is InChI=1S/C10H17NO4/c1-6(2)5-15-10(14)11-8(9(12)13)7-3-4-7/h6-8H,3-5H2,1-2H3,(H,11,14)(H,12,13). The summed E-state index contributed by atoms with van der Waals surface area (Å²) >= 11 is 0. The minimum atomic E-state index is -0.987. The molecule has 1 aliphatic rings. The van der Waals surface area contributed by atoms with E-state index in [-0.39, 0.29) is 11.8 Å². The van der Waals surface area contributed by atoms with E-state index in [0.717, 1.165) is 12.8 Å². The second-order valence-corrected chi connectivity index (χ2v) is 4.29. The monoisotopic (exact) mass is 215 g/mol. The van der Waals surface area contributed by atoms with Gasteiger partial charge in [0.15, 0.2) is 0 Å². The Bertz CT molecular complexity index is 248. The number of alkyl carbamates (subject to hydrolysis) is 1. The van der Waals surface area contributed by atoms with Crippen molar-refractivity contribution in [2.45, 2.75) is 32.7 Å². The summed E-state index contributed by atoms with van der Waals surface area (Å²) < 4.78 is 4.85. The van der Waals surface area contributed by atoms with Crippen LogP contribution < -0.4 is 5.32 Å². The molecule has 5 heteroatoms. The molecule has 1 unspecified atom stereocenters. The van der Waals surface area contributed by atoms with Crippen LogP contribution in [0.4, 0.5) is 4.79 Å². The van der Waals surface area contributed by atoms with Crippen LogP contribution in [0.2, 0.25) is 0 Å². The summed E-state index contributed by atoms with van der Waals surface area (Å²) in [7, 11) is 0. The maximum Gasteiger partial charge on any atom is 0.407 e. The fourth-order valence-corrected chi connectivity index (χ4v) is 1.22. The first-order valence-corrected chi connectivity index (χ1v) is 5.16. The van der Waals surface area contributed by atoms with Crippen molar-refractivity contribution in [1.82, 2.24) is 5.32 Å². The van der Waals surface area contributed by atoms with Gasteiger partial charge in [0.1, 0.15) is 6.04 Å². The molecule has 0 aliphatic heterocycles. The highest BCUT2D eigenvalue weighted by atomic mass is 16.5. The molecule has 1 fully saturated rings. The number of hydrogen-bond acceptors (Lipinski definition) is 3. The molecule has 0 heterocycles. The highest BCUT2D eigenvalue weighted by Gasteiger charge is 2.37. The lowest BCUT2D eigenvalue weighted by molar-refractivity contribution is -0.139. The average molecular weight is 215 g/mol. The van der Waals surface area contributed by atoms with Crippen LogP contribution in [0, 0.1) is 11.8 Å². The van der Waals surface area contributed by atoms with E-state index in [2.05, 4.69) is 5.32 Å². The van der Waals surface area contributed by atoms with Crippen LogP contribution in [0.25, 0.3) is 0 Å². The van der Waals surface area contributed by atoms with Gasteiger partial charge in [0.05, 0.1) is 6.61 Å². The zero-order chi connectivity index (χ0) is 11.4. The number of carbonyl (C=O) groups is 2. The second-order valence-electron chi connectivity index (χ2n) is 4.29. The number of carbonyl (C=O) groups excluding carboxylic acids is 1. The maximum atomic E-state index is 11.2. The van der Waals surface area contributed by atoms with Crippen LogP contribution in [0.1, 0.15) is 26.7 Å². The van der Waals surface area contributed by atoms with E-state index in [1.807, 2.05) is 13.8 Å². The molecule has 86 valence electrons. The quantitative estimate of drug-likeness (QED) is 0.723. The minimum absolute atomic E-state index is 0.0779. The normalized spacial score (nSPS) is 17.3. The molecule has 0 spiro atoms. The first-order chi connectivity index (χ1) is 7.00. The molecular formula is C10H17NO4. The van der Waals surface area contributed by atoms with Gasteiger partial charge in [-0.1, -0.05) is 13.8 Å². The Morgan fingerprint density at radius 2 is 2.07 bits per heavy atom. The van der Waals surface area contributed by atoms with E-state index >= 15 is 0 Å². The Morgan fingerprint density at radius 3 is 2.47 bits per heavy atom. The van der Waals surface area contributed by atoms with E-state index in [9.17, 15) is 9.59 Å². The molecule has 1 atom stereocenters. The Balaban J connectivity index is 2.31. The summed E-state index contributed by atoms with van der Waals surface area (Å²) in [6, 6.07) is -0.787. The van der Waals surface area contributed by atoms with Crippen LogP contribution in [-0.4, -0.2) is 29.8 Å². The van der Waals surface area contributed by atoms with Crippen molar-refractivity contribution in [2.24, 2.45) is 11.8 Å². The van der Waals surface area contributed by atoms with Gasteiger partial charge in [-0.3, -0.25) is 0 Å². The largest absolute Gasteiger partial charge is 0.480 e. The van der Waals surface area contributed by atoms with Gasteiger partial charge >= 0.3 is 12.1 Å². The zero-order valence-electron chi connectivity index (χ0n) is 9.03. The fourth-order valence-electron chi connectivity index (χ4n) is 1.22. The third-order valence-corrected chi connectivity index (χ3v) is 2.18. The van der Waals surface area contributed by atoms with Crippen LogP contribution in [-0.2, 0) is 9.53 Å². The SMILES string of the molecule is CC(C)COC(=O)NC(C(=O)O)C1CC1. The average Bonchev–Trinajstić information content (AvgIpc) is 2.93. The topological polar surface area (TPSA) is 75.6 Å². The van der Waals surface area contributed by atoms with E-state index in [4.69, 9.17) is 9.84 Å². The number of amides is 1. The van der Waals surface area contributed by atoms with E-state index in [1.54, 1.807) is 0 Å². The summed E-state index contributed by atoms with van der Waals surface area (Å²) in [6.07, 6.45) is 1.09. The summed E-state index contributed by atoms with van der Waals surface area (Å²) in [5, 5.41) is 11.2. The molecule has 15 heavy (non-hydrogen) atoms. The molecule has 1 aliphatic carbocycles. The van der Waals surface area contributed by atoms with Crippen molar-refractivity contribution in [2.75, 3.05) is 6.61 Å². The summed E-state index contributed by atoms with van der Waals surface area (Å²) in [5.41, 5.74) is 0. The molecule has 1 saturated carbocycles. The van der Waals surface area contributed by atoms with Crippen molar-refractivity contribution in [1.29, 1.82) is 0 Å². The number of aliphatic carboxylic acids is 1. The third kappa shape index (κ3) is 4.18. The van der Waals surface area contributed by atoms with Crippen molar-refractivity contribution in [3.63, 3.8) is 0 Å². The molecule has 2 N–H and O–H groups in total. The second kappa shape index (κ2) is 5.00. The van der Waals surface area contributed by atoms with Gasteiger partial charge < -0.3 is 15.2 Å². The Morgan fingerprint density at radius 1 is 1.47 bits per heavy atom. The van der Waals surface area contributed by atoms with Crippen LogP contribution in [0.5, 0.6) is 0 Å². The van der Waals surface area contributed by atoms with Gasteiger partial charge in [0, 0.05) is 0 Å². The molecule has 0 saturated heterocycles. The van der Waals surface area contributed by atoms with Crippen LogP contribution in [0.15, 0.2) is 0 Å². The molecule has 0 aromatic carbocycles. The van der Waals surface area contributed by atoms with E-state index in [0.29, 0.717) is 6.61 Å². The summed E-state index contributed by atoms with van der Waals surface area (Å²) in [4.78, 5) is 22.0. The Kier molecular flexibility index (Phi) is 3.94. The lowest BCUT2D eigenvalue weighted by atomic mass is 10.2. The smallest absolute Gasteiger partial charge is 0.407 e. The first kappa shape index (κ1) is 11.8. The highest BCUT2D eigenvalue weighted by Crippen LogP contribution is 2.32. The number of hydrogen-bond donors (Lipinski definition) is 2. The van der Waals surface area contributed by atoms with E-state index in [1.165, 1.54) is 0 Å².